The number of terminal acetylenes is 1. The lowest BCUT2D eigenvalue weighted by atomic mass is 9.85. The van der Waals surface area contributed by atoms with Gasteiger partial charge < -0.3 is 20.6 Å². The second-order valence-corrected chi connectivity index (χ2v) is 13.8. The van der Waals surface area contributed by atoms with Gasteiger partial charge >= 0.3 is 0 Å². The number of unbranched alkanes of at least 4 members (excludes halogenated alkanes) is 8. The fourth-order valence-corrected chi connectivity index (χ4v) is 6.40. The molecule has 0 spiro atoms. The van der Waals surface area contributed by atoms with Gasteiger partial charge in [0.2, 0.25) is 17.7 Å². The molecule has 1 saturated heterocycles. The SMILES string of the molecule is C#CCCCCCCCCCCC(=O)NC(C(=O)N1C[C@H](O)C[C@H]1C(=O)NCc1ccc(-c2scnc2C)cc1)C(C)(C)C. The van der Waals surface area contributed by atoms with Crippen LogP contribution in [0, 0.1) is 24.7 Å². The maximum Gasteiger partial charge on any atom is 0.246 e. The molecule has 44 heavy (non-hydrogen) atoms. The summed E-state index contributed by atoms with van der Waals surface area (Å²) in [4.78, 5) is 46.8. The number of hydrogen-bond acceptors (Lipinski definition) is 6. The first-order valence-corrected chi connectivity index (χ1v) is 16.9. The molecule has 8 nitrogen and oxygen atoms in total. The lowest BCUT2D eigenvalue weighted by Crippen LogP contribution is -2.57. The Morgan fingerprint density at radius 1 is 1.07 bits per heavy atom. The van der Waals surface area contributed by atoms with Crippen LogP contribution in [0.15, 0.2) is 29.8 Å². The molecular formula is C35H50N4O4S. The van der Waals surface area contributed by atoms with Gasteiger partial charge in [0.25, 0.3) is 0 Å². The number of hydrogen-bond donors (Lipinski definition) is 3. The first-order chi connectivity index (χ1) is 21.0. The molecule has 1 aromatic carbocycles. The van der Waals surface area contributed by atoms with Crippen LogP contribution in [-0.4, -0.2) is 57.4 Å². The number of nitrogens with zero attached hydrogens (tertiary/aromatic N) is 2. The van der Waals surface area contributed by atoms with Crippen molar-refractivity contribution < 1.29 is 19.5 Å². The molecular weight excluding hydrogens is 572 g/mol. The van der Waals surface area contributed by atoms with Crippen LogP contribution in [0.3, 0.4) is 0 Å². The highest BCUT2D eigenvalue weighted by Crippen LogP contribution is 2.28. The molecule has 2 heterocycles. The zero-order valence-electron chi connectivity index (χ0n) is 26.9. The van der Waals surface area contributed by atoms with E-state index < -0.39 is 23.6 Å². The van der Waals surface area contributed by atoms with Gasteiger partial charge in [-0.1, -0.05) is 83.6 Å². The molecule has 0 bridgehead atoms. The molecule has 1 aliphatic rings. The number of carbonyl (C=O) groups excluding carboxylic acids is 3. The maximum absolute atomic E-state index is 13.8. The molecule has 3 N–H and O–H groups in total. The Balaban J connectivity index is 1.50. The topological polar surface area (TPSA) is 112 Å². The van der Waals surface area contributed by atoms with Crippen molar-refractivity contribution in [1.29, 1.82) is 0 Å². The van der Waals surface area contributed by atoms with Gasteiger partial charge in [-0.3, -0.25) is 14.4 Å². The summed E-state index contributed by atoms with van der Waals surface area (Å²) in [5.41, 5.74) is 4.25. The van der Waals surface area contributed by atoms with Crippen LogP contribution in [0.5, 0.6) is 0 Å². The average Bonchev–Trinajstić information content (AvgIpc) is 3.60. The van der Waals surface area contributed by atoms with Crippen molar-refractivity contribution in [3.63, 3.8) is 0 Å². The van der Waals surface area contributed by atoms with Gasteiger partial charge in [0.05, 0.1) is 22.2 Å². The van der Waals surface area contributed by atoms with Gasteiger partial charge in [0.1, 0.15) is 12.1 Å². The van der Waals surface area contributed by atoms with E-state index >= 15 is 0 Å². The number of carbonyl (C=O) groups is 3. The Hall–Kier alpha value is -3.22. The second kappa shape index (κ2) is 17.3. The normalized spacial score (nSPS) is 17.2. The Kier molecular flexibility index (Phi) is 13.9. The molecule has 0 aliphatic carbocycles. The summed E-state index contributed by atoms with van der Waals surface area (Å²) in [6, 6.07) is 6.35. The van der Waals surface area contributed by atoms with Crippen LogP contribution < -0.4 is 10.6 Å². The smallest absolute Gasteiger partial charge is 0.246 e. The maximum atomic E-state index is 13.8. The number of β-amino-alcohol motifs (C(OH)–C–C–N with tert-alkyl or cyclic N) is 1. The summed E-state index contributed by atoms with van der Waals surface area (Å²) in [7, 11) is 0. The van der Waals surface area contributed by atoms with E-state index in [1.165, 1.54) is 24.2 Å². The highest BCUT2D eigenvalue weighted by Gasteiger charge is 2.44. The van der Waals surface area contributed by atoms with Crippen molar-refractivity contribution in [1.82, 2.24) is 20.5 Å². The summed E-state index contributed by atoms with van der Waals surface area (Å²) < 4.78 is 0. The highest BCUT2D eigenvalue weighted by molar-refractivity contribution is 7.13. The Labute approximate surface area is 267 Å². The first kappa shape index (κ1) is 35.3. The molecule has 240 valence electrons. The van der Waals surface area contributed by atoms with E-state index in [2.05, 4.69) is 21.5 Å². The van der Waals surface area contributed by atoms with Crippen LogP contribution in [0.25, 0.3) is 10.4 Å². The minimum absolute atomic E-state index is 0.0605. The number of likely N-dealkylation sites (tertiary alicyclic amines) is 1. The number of aromatic nitrogens is 1. The zero-order chi connectivity index (χ0) is 32.1. The molecule has 0 saturated carbocycles. The van der Waals surface area contributed by atoms with Gasteiger partial charge in [-0.25, -0.2) is 4.98 Å². The van der Waals surface area contributed by atoms with Crippen LogP contribution >= 0.6 is 11.3 Å². The molecule has 1 aliphatic heterocycles. The van der Waals surface area contributed by atoms with E-state index in [0.717, 1.165) is 60.2 Å². The van der Waals surface area contributed by atoms with E-state index in [9.17, 15) is 19.5 Å². The van der Waals surface area contributed by atoms with Gasteiger partial charge in [0.15, 0.2) is 0 Å². The van der Waals surface area contributed by atoms with Crippen molar-refractivity contribution in [3.8, 4) is 22.8 Å². The van der Waals surface area contributed by atoms with E-state index in [-0.39, 0.29) is 30.7 Å². The number of rotatable bonds is 16. The molecule has 9 heteroatoms. The third-order valence-electron chi connectivity index (χ3n) is 8.19. The number of aliphatic hydroxyl groups excluding tert-OH is 1. The van der Waals surface area contributed by atoms with Gasteiger partial charge in [-0.2, -0.15) is 0 Å². The van der Waals surface area contributed by atoms with Gasteiger partial charge in [-0.05, 0) is 36.3 Å². The number of aryl methyl sites for hydroxylation is 1. The van der Waals surface area contributed by atoms with Gasteiger partial charge in [0, 0.05) is 32.4 Å². The summed E-state index contributed by atoms with van der Waals surface area (Å²) >= 11 is 1.59. The fraction of sp³-hybridized carbons (Fsp3) is 0.600. The minimum Gasteiger partial charge on any atom is -0.391 e. The number of thiazole rings is 1. The minimum atomic E-state index is -0.804. The summed E-state index contributed by atoms with van der Waals surface area (Å²) in [5.74, 6) is 1.87. The standard InChI is InChI=1S/C35H50N4O4S/c1-6-7-8-9-10-11-12-13-14-15-16-30(41)38-32(35(3,4)5)34(43)39-23-28(40)21-29(39)33(42)36-22-26-17-19-27(20-18-26)31-25(2)37-24-44-31/h1,17-20,24,28-29,32,40H,7-16,21-23H2,2-5H3,(H,36,42)(H,38,41)/t28-,29+,32?/m1/s1. The Morgan fingerprint density at radius 3 is 2.30 bits per heavy atom. The van der Waals surface area contributed by atoms with Gasteiger partial charge in [-0.15, -0.1) is 23.7 Å². The summed E-state index contributed by atoms with van der Waals surface area (Å²) in [5, 5.41) is 16.3. The molecule has 3 rings (SSSR count). The fourth-order valence-electron chi connectivity index (χ4n) is 5.59. The molecule has 1 aromatic heterocycles. The molecule has 3 amide bonds. The second-order valence-electron chi connectivity index (χ2n) is 13.0. The molecule has 2 aromatic rings. The van der Waals surface area contributed by atoms with Crippen molar-refractivity contribution >= 4 is 29.1 Å². The monoisotopic (exact) mass is 622 g/mol. The third kappa shape index (κ3) is 10.7. The summed E-state index contributed by atoms with van der Waals surface area (Å²) in [6.45, 7) is 8.05. The predicted molar refractivity (Wildman–Crippen MR) is 177 cm³/mol. The van der Waals surface area contributed by atoms with Crippen molar-refractivity contribution in [2.24, 2.45) is 5.41 Å². The predicted octanol–water partition coefficient (Wildman–Crippen LogP) is 5.76. The first-order valence-electron chi connectivity index (χ1n) is 16.0. The van der Waals surface area contributed by atoms with E-state index in [0.29, 0.717) is 13.0 Å². The number of benzene rings is 1. The molecule has 3 atom stereocenters. The number of aliphatic hydroxyl groups is 1. The number of nitrogens with one attached hydrogen (secondary N) is 2. The number of amides is 3. The van der Waals surface area contributed by atoms with Crippen LogP contribution in [0.1, 0.15) is 103 Å². The Morgan fingerprint density at radius 2 is 1.70 bits per heavy atom. The van der Waals surface area contributed by atoms with Crippen molar-refractivity contribution in [2.75, 3.05) is 6.54 Å². The van der Waals surface area contributed by atoms with Crippen LogP contribution in [0.4, 0.5) is 0 Å². The molecule has 0 radical (unpaired) electrons. The molecule has 1 fully saturated rings. The van der Waals surface area contributed by atoms with E-state index in [4.69, 9.17) is 6.42 Å². The quantitative estimate of drug-likeness (QED) is 0.163. The van der Waals surface area contributed by atoms with Crippen LogP contribution in [-0.2, 0) is 20.9 Å². The summed E-state index contributed by atoms with van der Waals surface area (Å²) in [6.07, 6.45) is 14.5. The van der Waals surface area contributed by atoms with E-state index in [1.54, 1.807) is 11.3 Å². The largest absolute Gasteiger partial charge is 0.391 e. The Bertz CT molecular complexity index is 1260. The van der Waals surface area contributed by atoms with Crippen molar-refractivity contribution in [3.05, 3.63) is 41.0 Å². The van der Waals surface area contributed by atoms with Crippen molar-refractivity contribution in [2.45, 2.75) is 123 Å². The zero-order valence-corrected chi connectivity index (χ0v) is 27.7. The lowest BCUT2D eigenvalue weighted by molar-refractivity contribution is -0.144. The van der Waals surface area contributed by atoms with Crippen LogP contribution in [0.2, 0.25) is 0 Å². The highest BCUT2D eigenvalue weighted by atomic mass is 32.1. The lowest BCUT2D eigenvalue weighted by Gasteiger charge is -2.35. The van der Waals surface area contributed by atoms with E-state index in [1.807, 2.05) is 57.5 Å². The molecule has 1 unspecified atom stereocenters. The third-order valence-corrected chi connectivity index (χ3v) is 9.16. The average molecular weight is 623 g/mol.